The number of benzene rings is 2. The van der Waals surface area contributed by atoms with Crippen molar-refractivity contribution in [2.24, 2.45) is 0 Å². The summed E-state index contributed by atoms with van der Waals surface area (Å²) in [6, 6.07) is 1.10. The molecule has 1 heterocycles. The van der Waals surface area contributed by atoms with Gasteiger partial charge in [-0.2, -0.15) is 0 Å². The Labute approximate surface area is 214 Å². The van der Waals surface area contributed by atoms with E-state index in [4.69, 9.17) is 116 Å². The van der Waals surface area contributed by atoms with Crippen molar-refractivity contribution in [1.82, 2.24) is 4.98 Å². The van der Waals surface area contributed by atoms with E-state index in [-0.39, 0.29) is 72.6 Å². The molecule has 0 radical (unpaired) electrons. The largest absolute Gasteiger partial charge is 0.252 e. The molecule has 1 nitrogen and oxygen atoms in total. The lowest BCUT2D eigenvalue weighted by molar-refractivity contribution is 0.626. The van der Waals surface area contributed by atoms with E-state index in [1.807, 2.05) is 0 Å². The predicted octanol–water partition coefficient (Wildman–Crippen LogP) is 11.1. The lowest BCUT2D eigenvalue weighted by Crippen LogP contribution is -1.96. The standard InChI is InChI=1S/C17H2Cl10FN/c18-7-5(8(19)12(23)15(26)11(7)22)3-1-4(28)17(29-2-3)6-9(20)13(24)16(27)14(25)10(6)21/h1-2H. The van der Waals surface area contributed by atoms with Crippen LogP contribution in [-0.2, 0) is 0 Å². The molecule has 0 aliphatic carbocycles. The van der Waals surface area contributed by atoms with Crippen molar-refractivity contribution in [2.45, 2.75) is 0 Å². The number of aromatic nitrogens is 1. The molecule has 1 aromatic heterocycles. The summed E-state index contributed by atoms with van der Waals surface area (Å²) in [6.07, 6.45) is 1.27. The van der Waals surface area contributed by atoms with Crippen molar-refractivity contribution < 1.29 is 4.39 Å². The molecule has 0 atom stereocenters. The number of nitrogens with zero attached hydrogens (tertiary/aromatic N) is 1. The van der Waals surface area contributed by atoms with Crippen LogP contribution in [0.3, 0.4) is 0 Å². The van der Waals surface area contributed by atoms with Gasteiger partial charge in [0.25, 0.3) is 0 Å². The minimum absolute atomic E-state index is 0.0198. The molecule has 0 fully saturated rings. The lowest BCUT2D eigenvalue weighted by atomic mass is 10.0. The molecule has 29 heavy (non-hydrogen) atoms. The van der Waals surface area contributed by atoms with Crippen LogP contribution >= 0.6 is 116 Å². The molecule has 0 spiro atoms. The van der Waals surface area contributed by atoms with Gasteiger partial charge in [0.1, 0.15) is 11.5 Å². The molecule has 0 bridgehead atoms. The Kier molecular flexibility index (Phi) is 7.56. The van der Waals surface area contributed by atoms with E-state index in [0.29, 0.717) is 0 Å². The van der Waals surface area contributed by atoms with Crippen LogP contribution in [0.5, 0.6) is 0 Å². The van der Waals surface area contributed by atoms with Gasteiger partial charge in [0, 0.05) is 22.9 Å². The van der Waals surface area contributed by atoms with E-state index < -0.39 is 5.82 Å². The van der Waals surface area contributed by atoms with Crippen molar-refractivity contribution in [3.05, 3.63) is 68.3 Å². The fraction of sp³-hybridized carbons (Fsp3) is 0. The van der Waals surface area contributed by atoms with Gasteiger partial charge in [0.15, 0.2) is 0 Å². The Hall–Kier alpha value is 0.420. The molecule has 0 saturated carbocycles. The van der Waals surface area contributed by atoms with Crippen molar-refractivity contribution in [3.63, 3.8) is 0 Å². The third-order valence-corrected chi connectivity index (χ3v) is 8.34. The molecular formula is C17H2Cl10FN. The highest BCUT2D eigenvalue weighted by Gasteiger charge is 2.25. The Bertz CT molecular complexity index is 1120. The molecule has 152 valence electrons. The highest BCUT2D eigenvalue weighted by molar-refractivity contribution is 6.57. The zero-order valence-corrected chi connectivity index (χ0v) is 20.8. The van der Waals surface area contributed by atoms with Gasteiger partial charge in [-0.1, -0.05) is 116 Å². The van der Waals surface area contributed by atoms with Gasteiger partial charge in [-0.05, 0) is 6.07 Å². The smallest absolute Gasteiger partial charge is 0.150 e. The molecule has 0 amide bonds. The lowest BCUT2D eigenvalue weighted by Gasteiger charge is -2.15. The van der Waals surface area contributed by atoms with Crippen molar-refractivity contribution >= 4 is 116 Å². The summed E-state index contributed by atoms with van der Waals surface area (Å²) in [6.45, 7) is 0. The van der Waals surface area contributed by atoms with Crippen LogP contribution < -0.4 is 0 Å². The monoisotopic (exact) mass is 589 g/mol. The Morgan fingerprint density at radius 3 is 1.24 bits per heavy atom. The molecular weight excluding hydrogens is 592 g/mol. The van der Waals surface area contributed by atoms with E-state index in [1.54, 1.807) is 0 Å². The van der Waals surface area contributed by atoms with Gasteiger partial charge >= 0.3 is 0 Å². The molecule has 0 N–H and O–H groups in total. The molecule has 3 aromatic rings. The number of halogens is 11. The summed E-state index contributed by atoms with van der Waals surface area (Å²) in [5, 5.41) is -0.612. The number of rotatable bonds is 2. The van der Waals surface area contributed by atoms with Crippen molar-refractivity contribution in [3.8, 4) is 22.4 Å². The van der Waals surface area contributed by atoms with Gasteiger partial charge in [-0.25, -0.2) is 4.39 Å². The summed E-state index contributed by atoms with van der Waals surface area (Å²) in [4.78, 5) is 4.08. The van der Waals surface area contributed by atoms with Crippen LogP contribution in [0, 0.1) is 5.82 Å². The minimum Gasteiger partial charge on any atom is -0.252 e. The van der Waals surface area contributed by atoms with E-state index in [1.165, 1.54) is 6.20 Å². The van der Waals surface area contributed by atoms with Gasteiger partial charge in [0.05, 0.1) is 50.2 Å². The predicted molar refractivity (Wildman–Crippen MR) is 125 cm³/mol. The molecule has 0 unspecified atom stereocenters. The summed E-state index contributed by atoms with van der Waals surface area (Å²) in [5.41, 5.74) is 0.0823. The van der Waals surface area contributed by atoms with Gasteiger partial charge in [-0.15, -0.1) is 0 Å². The summed E-state index contributed by atoms with van der Waals surface area (Å²) in [7, 11) is 0. The molecule has 2 aromatic carbocycles. The highest BCUT2D eigenvalue weighted by atomic mass is 35.5. The van der Waals surface area contributed by atoms with Crippen LogP contribution in [0.4, 0.5) is 4.39 Å². The van der Waals surface area contributed by atoms with Crippen LogP contribution in [0.15, 0.2) is 12.3 Å². The Morgan fingerprint density at radius 1 is 0.517 bits per heavy atom. The van der Waals surface area contributed by atoms with Crippen molar-refractivity contribution in [1.29, 1.82) is 0 Å². The van der Waals surface area contributed by atoms with E-state index in [0.717, 1.165) is 6.07 Å². The summed E-state index contributed by atoms with van der Waals surface area (Å²) < 4.78 is 15.0. The number of hydrogen-bond acceptors (Lipinski definition) is 1. The quantitative estimate of drug-likeness (QED) is 0.213. The molecule has 3 rings (SSSR count). The Morgan fingerprint density at radius 2 is 0.862 bits per heavy atom. The van der Waals surface area contributed by atoms with Gasteiger partial charge in [0.2, 0.25) is 0 Å². The second-order valence-electron chi connectivity index (χ2n) is 5.44. The zero-order chi connectivity index (χ0) is 21.8. The first-order valence-corrected chi connectivity index (χ1v) is 11.0. The van der Waals surface area contributed by atoms with Crippen LogP contribution in [0.2, 0.25) is 50.2 Å². The molecule has 0 saturated heterocycles. The first-order valence-electron chi connectivity index (χ1n) is 7.18. The summed E-state index contributed by atoms with van der Waals surface area (Å²) >= 11 is 61.0. The van der Waals surface area contributed by atoms with Crippen LogP contribution in [-0.4, -0.2) is 4.98 Å². The fourth-order valence-electron chi connectivity index (χ4n) is 2.43. The maximum atomic E-state index is 15.0. The number of hydrogen-bond donors (Lipinski definition) is 0. The maximum Gasteiger partial charge on any atom is 0.150 e. The van der Waals surface area contributed by atoms with E-state index >= 15 is 4.39 Å². The van der Waals surface area contributed by atoms with Crippen LogP contribution in [0.1, 0.15) is 0 Å². The second kappa shape index (κ2) is 9.11. The minimum atomic E-state index is -0.824. The third-order valence-electron chi connectivity index (χ3n) is 3.79. The first-order chi connectivity index (χ1) is 13.5. The first kappa shape index (κ1) is 24.1. The zero-order valence-electron chi connectivity index (χ0n) is 13.3. The topological polar surface area (TPSA) is 12.9 Å². The highest BCUT2D eigenvalue weighted by Crippen LogP contribution is 2.50. The Balaban J connectivity index is 2.26. The van der Waals surface area contributed by atoms with E-state index in [9.17, 15) is 0 Å². The molecule has 0 aliphatic rings. The fourth-order valence-corrected chi connectivity index (χ4v) is 5.10. The second-order valence-corrected chi connectivity index (χ2v) is 9.22. The maximum absolute atomic E-state index is 15.0. The van der Waals surface area contributed by atoms with Crippen molar-refractivity contribution in [2.75, 3.05) is 0 Å². The van der Waals surface area contributed by atoms with E-state index in [2.05, 4.69) is 4.98 Å². The van der Waals surface area contributed by atoms with Gasteiger partial charge in [-0.3, -0.25) is 4.98 Å². The summed E-state index contributed by atoms with van der Waals surface area (Å²) in [5.74, 6) is -0.824. The molecule has 0 aliphatic heterocycles. The number of pyridine rings is 1. The average molecular weight is 594 g/mol. The van der Waals surface area contributed by atoms with Gasteiger partial charge < -0.3 is 0 Å². The van der Waals surface area contributed by atoms with Crippen LogP contribution in [0.25, 0.3) is 22.4 Å². The SMILES string of the molecule is Fc1cc(-c2c(Cl)c(Cl)c(Cl)c(Cl)c2Cl)cnc1-c1c(Cl)c(Cl)c(Cl)c(Cl)c1Cl. The average Bonchev–Trinajstić information content (AvgIpc) is 2.69. The normalized spacial score (nSPS) is 11.3. The third kappa shape index (κ3) is 4.12. The molecule has 12 heteroatoms.